The Morgan fingerprint density at radius 1 is 0.889 bits per heavy atom. The largest absolute Gasteiger partial charge is 0.497 e. The Labute approximate surface area is 113 Å². The lowest BCUT2D eigenvalue weighted by Crippen LogP contribution is -1.89. The van der Waals surface area contributed by atoms with Crippen molar-refractivity contribution in [1.29, 1.82) is 0 Å². The van der Waals surface area contributed by atoms with E-state index < -0.39 is 0 Å². The number of rotatable bonds is 6. The van der Waals surface area contributed by atoms with Gasteiger partial charge < -0.3 is 4.74 Å². The van der Waals surface area contributed by atoms with Crippen LogP contribution in [0.15, 0.2) is 54.6 Å². The molecule has 0 heterocycles. The molecule has 0 aliphatic rings. The molecule has 0 radical (unpaired) electrons. The standard InChI is InChI=1S/C16H18OS/c1-17-16-9-7-15(8-10-16)13-18-12-11-14-5-3-2-4-6-14/h2-10H,11-13H2,1H3. The Morgan fingerprint density at radius 3 is 2.28 bits per heavy atom. The molecule has 94 valence electrons. The van der Waals surface area contributed by atoms with Crippen LogP contribution < -0.4 is 4.74 Å². The molecule has 0 unspecified atom stereocenters. The summed E-state index contributed by atoms with van der Waals surface area (Å²) < 4.78 is 5.15. The monoisotopic (exact) mass is 258 g/mol. The average molecular weight is 258 g/mol. The van der Waals surface area contributed by atoms with E-state index in [1.54, 1.807) is 7.11 Å². The molecule has 2 aromatic carbocycles. The van der Waals surface area contributed by atoms with E-state index in [1.165, 1.54) is 11.1 Å². The predicted molar refractivity (Wildman–Crippen MR) is 79.3 cm³/mol. The number of hydrogen-bond donors (Lipinski definition) is 0. The van der Waals surface area contributed by atoms with Gasteiger partial charge in [0.15, 0.2) is 0 Å². The van der Waals surface area contributed by atoms with E-state index in [9.17, 15) is 0 Å². The van der Waals surface area contributed by atoms with Crippen molar-refractivity contribution in [3.63, 3.8) is 0 Å². The normalized spacial score (nSPS) is 10.3. The van der Waals surface area contributed by atoms with Gasteiger partial charge in [0.2, 0.25) is 0 Å². The van der Waals surface area contributed by atoms with E-state index in [4.69, 9.17) is 4.74 Å². The number of hydrogen-bond acceptors (Lipinski definition) is 2. The van der Waals surface area contributed by atoms with Gasteiger partial charge in [-0.2, -0.15) is 11.8 Å². The molecule has 2 rings (SSSR count). The van der Waals surface area contributed by atoms with Gasteiger partial charge in [-0.3, -0.25) is 0 Å². The van der Waals surface area contributed by atoms with E-state index >= 15 is 0 Å². The summed E-state index contributed by atoms with van der Waals surface area (Å²) >= 11 is 1.97. The first-order valence-electron chi connectivity index (χ1n) is 6.13. The highest BCUT2D eigenvalue weighted by atomic mass is 32.2. The summed E-state index contributed by atoms with van der Waals surface area (Å²) in [5, 5.41) is 0. The topological polar surface area (TPSA) is 9.23 Å². The summed E-state index contributed by atoms with van der Waals surface area (Å²) in [5.41, 5.74) is 2.77. The lowest BCUT2D eigenvalue weighted by atomic mass is 10.2. The van der Waals surface area contributed by atoms with E-state index in [2.05, 4.69) is 42.5 Å². The fraction of sp³-hybridized carbons (Fsp3) is 0.250. The summed E-state index contributed by atoms with van der Waals surface area (Å²) in [6, 6.07) is 19.0. The minimum absolute atomic E-state index is 0.924. The molecule has 0 aliphatic carbocycles. The molecule has 0 fully saturated rings. The van der Waals surface area contributed by atoms with Crippen LogP contribution in [0.1, 0.15) is 11.1 Å². The summed E-state index contributed by atoms with van der Waals surface area (Å²) in [6.45, 7) is 0. The van der Waals surface area contributed by atoms with Crippen LogP contribution in [0.2, 0.25) is 0 Å². The zero-order chi connectivity index (χ0) is 12.6. The highest BCUT2D eigenvalue weighted by molar-refractivity contribution is 7.98. The molecule has 0 aliphatic heterocycles. The molecular formula is C16H18OS. The SMILES string of the molecule is COc1ccc(CSCCc2ccccc2)cc1. The van der Waals surface area contributed by atoms with Crippen molar-refractivity contribution in [2.45, 2.75) is 12.2 Å². The second-order valence-electron chi connectivity index (χ2n) is 4.14. The molecule has 1 nitrogen and oxygen atoms in total. The minimum atomic E-state index is 0.924. The summed E-state index contributed by atoms with van der Waals surface area (Å²) in [5.74, 6) is 3.15. The van der Waals surface area contributed by atoms with Crippen molar-refractivity contribution >= 4 is 11.8 Å². The van der Waals surface area contributed by atoms with Crippen molar-refractivity contribution in [3.05, 3.63) is 65.7 Å². The van der Waals surface area contributed by atoms with Crippen molar-refractivity contribution in [3.8, 4) is 5.75 Å². The number of ether oxygens (including phenoxy) is 1. The average Bonchev–Trinajstić information content (AvgIpc) is 2.45. The van der Waals surface area contributed by atoms with Crippen molar-refractivity contribution in [1.82, 2.24) is 0 Å². The van der Waals surface area contributed by atoms with Crippen molar-refractivity contribution < 1.29 is 4.74 Å². The first-order valence-corrected chi connectivity index (χ1v) is 7.28. The fourth-order valence-corrected chi connectivity index (χ4v) is 2.70. The number of aryl methyl sites for hydroxylation is 1. The van der Waals surface area contributed by atoms with Gasteiger partial charge in [0.05, 0.1) is 7.11 Å². The van der Waals surface area contributed by atoms with Crippen LogP contribution in [0.5, 0.6) is 5.75 Å². The molecule has 0 N–H and O–H groups in total. The van der Waals surface area contributed by atoms with Crippen LogP contribution in [0, 0.1) is 0 Å². The van der Waals surface area contributed by atoms with Gasteiger partial charge in [-0.15, -0.1) is 0 Å². The maximum absolute atomic E-state index is 5.15. The molecule has 0 amide bonds. The number of thioether (sulfide) groups is 1. The molecule has 0 bridgehead atoms. The minimum Gasteiger partial charge on any atom is -0.497 e. The fourth-order valence-electron chi connectivity index (χ4n) is 1.75. The maximum atomic E-state index is 5.15. The second-order valence-corrected chi connectivity index (χ2v) is 5.24. The third-order valence-corrected chi connectivity index (χ3v) is 3.84. The Bertz CT molecular complexity index is 450. The Hall–Kier alpha value is -1.41. The Kier molecular flexibility index (Phi) is 5.15. The van der Waals surface area contributed by atoms with E-state index in [-0.39, 0.29) is 0 Å². The smallest absolute Gasteiger partial charge is 0.118 e. The zero-order valence-electron chi connectivity index (χ0n) is 10.6. The third kappa shape index (κ3) is 4.11. The quantitative estimate of drug-likeness (QED) is 0.719. The molecule has 0 aromatic heterocycles. The van der Waals surface area contributed by atoms with Crippen LogP contribution in [-0.4, -0.2) is 12.9 Å². The van der Waals surface area contributed by atoms with Crippen LogP contribution in [0.3, 0.4) is 0 Å². The summed E-state index contributed by atoms with van der Waals surface area (Å²) in [6.07, 6.45) is 1.14. The Balaban J connectivity index is 1.72. The summed E-state index contributed by atoms with van der Waals surface area (Å²) in [4.78, 5) is 0. The molecule has 2 aromatic rings. The molecule has 0 saturated carbocycles. The first-order chi connectivity index (χ1) is 8.88. The molecular weight excluding hydrogens is 240 g/mol. The van der Waals surface area contributed by atoms with Gasteiger partial charge in [-0.1, -0.05) is 42.5 Å². The van der Waals surface area contributed by atoms with Crippen LogP contribution >= 0.6 is 11.8 Å². The number of methoxy groups -OCH3 is 1. The second kappa shape index (κ2) is 7.12. The van der Waals surface area contributed by atoms with Crippen molar-refractivity contribution in [2.75, 3.05) is 12.9 Å². The summed E-state index contributed by atoms with van der Waals surface area (Å²) in [7, 11) is 1.70. The molecule has 0 saturated heterocycles. The molecule has 0 atom stereocenters. The zero-order valence-corrected chi connectivity index (χ0v) is 11.5. The van der Waals surface area contributed by atoms with E-state index in [1.807, 2.05) is 23.9 Å². The maximum Gasteiger partial charge on any atom is 0.118 e. The predicted octanol–water partition coefficient (Wildman–Crippen LogP) is 4.17. The third-order valence-electron chi connectivity index (χ3n) is 2.81. The van der Waals surface area contributed by atoms with Crippen LogP contribution in [0.4, 0.5) is 0 Å². The lowest BCUT2D eigenvalue weighted by molar-refractivity contribution is 0.414. The molecule has 18 heavy (non-hydrogen) atoms. The van der Waals surface area contributed by atoms with Gasteiger partial charge >= 0.3 is 0 Å². The molecule has 2 heteroatoms. The van der Waals surface area contributed by atoms with E-state index in [0.717, 1.165) is 23.7 Å². The van der Waals surface area contributed by atoms with Crippen LogP contribution in [-0.2, 0) is 12.2 Å². The van der Waals surface area contributed by atoms with Crippen LogP contribution in [0.25, 0.3) is 0 Å². The van der Waals surface area contributed by atoms with Crippen molar-refractivity contribution in [2.24, 2.45) is 0 Å². The molecule has 0 spiro atoms. The number of benzene rings is 2. The highest BCUT2D eigenvalue weighted by Crippen LogP contribution is 2.17. The van der Waals surface area contributed by atoms with Gasteiger partial charge in [-0.05, 0) is 35.4 Å². The van der Waals surface area contributed by atoms with Gasteiger partial charge in [0.1, 0.15) is 5.75 Å². The highest BCUT2D eigenvalue weighted by Gasteiger charge is 1.96. The van der Waals surface area contributed by atoms with Gasteiger partial charge in [-0.25, -0.2) is 0 Å². The van der Waals surface area contributed by atoms with Gasteiger partial charge in [0.25, 0.3) is 0 Å². The first kappa shape index (κ1) is 13.0. The lowest BCUT2D eigenvalue weighted by Gasteiger charge is -2.04. The Morgan fingerprint density at radius 2 is 1.61 bits per heavy atom. The van der Waals surface area contributed by atoms with Gasteiger partial charge in [0, 0.05) is 5.75 Å². The van der Waals surface area contributed by atoms with E-state index in [0.29, 0.717) is 0 Å².